The maximum Gasteiger partial charge on any atom is 0.150 e. The molecule has 2 unspecified atom stereocenters. The summed E-state index contributed by atoms with van der Waals surface area (Å²) in [6.07, 6.45) is 16.7. The number of aromatic nitrogens is 3. The Morgan fingerprint density at radius 3 is 2.69 bits per heavy atom. The van der Waals surface area contributed by atoms with Crippen LogP contribution < -0.4 is 5.73 Å². The Bertz CT molecular complexity index is 1370. The summed E-state index contributed by atoms with van der Waals surface area (Å²) >= 11 is 0. The normalized spacial score (nSPS) is 26.2. The van der Waals surface area contributed by atoms with E-state index in [-0.39, 0.29) is 12.5 Å². The van der Waals surface area contributed by atoms with Gasteiger partial charge in [-0.25, -0.2) is 9.97 Å². The first-order valence-electron chi connectivity index (χ1n) is 12.6. The number of aliphatic hydroxyl groups excluding tert-OH is 1. The Kier molecular flexibility index (Phi) is 5.61. The van der Waals surface area contributed by atoms with Gasteiger partial charge in [0.05, 0.1) is 5.70 Å². The number of benzene rings is 1. The van der Waals surface area contributed by atoms with Crippen molar-refractivity contribution in [3.05, 3.63) is 84.1 Å². The van der Waals surface area contributed by atoms with Crippen LogP contribution in [0, 0.1) is 17.8 Å². The van der Waals surface area contributed by atoms with Crippen molar-refractivity contribution >= 4 is 28.3 Å². The van der Waals surface area contributed by atoms with Crippen LogP contribution in [0.1, 0.15) is 55.6 Å². The van der Waals surface area contributed by atoms with Crippen molar-refractivity contribution in [3.63, 3.8) is 0 Å². The molecule has 0 saturated heterocycles. The molecule has 3 aromatic rings. The van der Waals surface area contributed by atoms with Gasteiger partial charge in [0, 0.05) is 42.1 Å². The van der Waals surface area contributed by atoms with Gasteiger partial charge in [-0.1, -0.05) is 55.5 Å². The van der Waals surface area contributed by atoms with Crippen LogP contribution in [0.2, 0.25) is 0 Å². The first-order valence-corrected chi connectivity index (χ1v) is 12.6. The number of anilines is 1. The van der Waals surface area contributed by atoms with Crippen LogP contribution in [0.5, 0.6) is 0 Å². The number of rotatable bonds is 4. The van der Waals surface area contributed by atoms with Crippen LogP contribution in [0.15, 0.2) is 72.0 Å². The van der Waals surface area contributed by atoms with E-state index in [1.807, 2.05) is 12.3 Å². The van der Waals surface area contributed by atoms with E-state index in [0.717, 1.165) is 65.3 Å². The summed E-state index contributed by atoms with van der Waals surface area (Å²) in [5.41, 5.74) is 12.4. The number of hydrogen-bond acceptors (Lipinski definition) is 5. The topological polar surface area (TPSA) is 88.8 Å². The minimum absolute atomic E-state index is 0.254. The summed E-state index contributed by atoms with van der Waals surface area (Å²) in [6, 6.07) is 10.4. The molecule has 35 heavy (non-hydrogen) atoms. The highest BCUT2D eigenvalue weighted by Gasteiger charge is 2.30. The second-order valence-corrected chi connectivity index (χ2v) is 10.0. The molecule has 0 bridgehead atoms. The minimum atomic E-state index is 0.254. The molecule has 3 heterocycles. The quantitative estimate of drug-likeness (QED) is 0.549. The van der Waals surface area contributed by atoms with Crippen molar-refractivity contribution in [1.29, 1.82) is 0 Å². The Morgan fingerprint density at radius 2 is 1.91 bits per heavy atom. The van der Waals surface area contributed by atoms with Crippen LogP contribution in [0.3, 0.4) is 0 Å². The standard InChI is InChI=1S/C29H31N5O/c1-18-15-24(20-5-3-2-4-6-20)32-25-16-22(11-12-23(18)25)26-27-28(30)31-13-14-34(27)29(33-26)21-9-7-19(17-35)8-10-21/h2-6,11-16,18-19,21,23,35H,7-10,17H2,1H3,(H2,30,31)/t18?,19-,21-,23?. The summed E-state index contributed by atoms with van der Waals surface area (Å²) < 4.78 is 2.13. The lowest BCUT2D eigenvalue weighted by molar-refractivity contribution is 0.181. The second-order valence-electron chi connectivity index (χ2n) is 10.0. The third-order valence-electron chi connectivity index (χ3n) is 7.79. The Labute approximate surface area is 205 Å². The summed E-state index contributed by atoms with van der Waals surface area (Å²) in [5.74, 6) is 2.90. The molecule has 1 aromatic carbocycles. The molecule has 6 heteroatoms. The average Bonchev–Trinajstić information content (AvgIpc) is 3.30. The van der Waals surface area contributed by atoms with Gasteiger partial charge in [-0.3, -0.25) is 9.39 Å². The monoisotopic (exact) mass is 465 g/mol. The highest BCUT2D eigenvalue weighted by molar-refractivity contribution is 6.11. The summed E-state index contributed by atoms with van der Waals surface area (Å²) in [7, 11) is 0. The number of nitrogen functional groups attached to an aromatic ring is 1. The maximum absolute atomic E-state index is 9.56. The molecule has 0 amide bonds. The van der Waals surface area contributed by atoms with Gasteiger partial charge in [0.25, 0.3) is 0 Å². The SMILES string of the molecule is CC1C=C(c2ccccc2)N=C2C=C(c3nc([C@H]4CC[C@H](CO)CC4)n4ccnc(N)c34)C=CC21. The molecule has 0 spiro atoms. The zero-order valence-electron chi connectivity index (χ0n) is 20.0. The van der Waals surface area contributed by atoms with Crippen LogP contribution in [-0.2, 0) is 0 Å². The average molecular weight is 466 g/mol. The molecular weight excluding hydrogens is 434 g/mol. The zero-order valence-corrected chi connectivity index (χ0v) is 20.0. The van der Waals surface area contributed by atoms with Gasteiger partial charge >= 0.3 is 0 Å². The van der Waals surface area contributed by atoms with Crippen LogP contribution in [0.4, 0.5) is 5.82 Å². The molecule has 1 aliphatic heterocycles. The number of aliphatic imine (C=N–C) groups is 1. The van der Waals surface area contributed by atoms with Crippen molar-refractivity contribution in [1.82, 2.24) is 14.4 Å². The third kappa shape index (κ3) is 3.92. The van der Waals surface area contributed by atoms with E-state index < -0.39 is 0 Å². The number of imidazole rings is 1. The third-order valence-corrected chi connectivity index (χ3v) is 7.79. The van der Waals surface area contributed by atoms with Gasteiger partial charge in [-0.15, -0.1) is 0 Å². The Hall–Kier alpha value is -3.51. The molecule has 0 radical (unpaired) electrons. The highest BCUT2D eigenvalue weighted by atomic mass is 16.3. The molecule has 6 rings (SSSR count). The smallest absolute Gasteiger partial charge is 0.150 e. The van der Waals surface area contributed by atoms with Crippen LogP contribution in [0.25, 0.3) is 16.8 Å². The van der Waals surface area contributed by atoms with E-state index in [1.165, 1.54) is 0 Å². The number of nitrogens with zero attached hydrogens (tertiary/aromatic N) is 4. The van der Waals surface area contributed by atoms with Gasteiger partial charge in [0.2, 0.25) is 0 Å². The van der Waals surface area contributed by atoms with Gasteiger partial charge in [-0.05, 0) is 49.2 Å². The zero-order chi connectivity index (χ0) is 23.9. The number of aliphatic hydroxyl groups is 1. The van der Waals surface area contributed by atoms with Gasteiger partial charge < -0.3 is 10.8 Å². The van der Waals surface area contributed by atoms with E-state index in [9.17, 15) is 5.11 Å². The van der Waals surface area contributed by atoms with Gasteiger partial charge in [0.1, 0.15) is 22.9 Å². The number of nitrogens with two attached hydrogens (primary N) is 1. The molecule has 178 valence electrons. The molecule has 2 aliphatic carbocycles. The lowest BCUT2D eigenvalue weighted by Crippen LogP contribution is -2.23. The Morgan fingerprint density at radius 1 is 1.11 bits per heavy atom. The van der Waals surface area contributed by atoms with Crippen molar-refractivity contribution < 1.29 is 5.11 Å². The van der Waals surface area contributed by atoms with E-state index in [1.54, 1.807) is 6.20 Å². The summed E-state index contributed by atoms with van der Waals surface area (Å²) in [4.78, 5) is 14.6. The molecule has 1 saturated carbocycles. The van der Waals surface area contributed by atoms with Gasteiger partial charge in [0.15, 0.2) is 0 Å². The molecule has 1 fully saturated rings. The fraction of sp³-hybridized carbons (Fsp3) is 0.345. The van der Waals surface area contributed by atoms with Crippen molar-refractivity contribution in [2.75, 3.05) is 12.3 Å². The van der Waals surface area contributed by atoms with Crippen LogP contribution in [-0.4, -0.2) is 31.8 Å². The van der Waals surface area contributed by atoms with E-state index in [2.05, 4.69) is 64.9 Å². The lowest BCUT2D eigenvalue weighted by atomic mass is 9.81. The highest BCUT2D eigenvalue weighted by Crippen LogP contribution is 2.39. The summed E-state index contributed by atoms with van der Waals surface area (Å²) in [5, 5.41) is 9.56. The fourth-order valence-corrected chi connectivity index (χ4v) is 5.79. The van der Waals surface area contributed by atoms with Crippen LogP contribution >= 0.6 is 0 Å². The molecule has 3 N–H and O–H groups in total. The fourth-order valence-electron chi connectivity index (χ4n) is 5.79. The summed E-state index contributed by atoms with van der Waals surface area (Å²) in [6.45, 7) is 2.52. The van der Waals surface area contributed by atoms with Crippen molar-refractivity contribution in [3.8, 4) is 0 Å². The maximum atomic E-state index is 9.56. The van der Waals surface area contributed by atoms with Gasteiger partial charge in [-0.2, -0.15) is 0 Å². The molecule has 2 atom stereocenters. The molecule has 6 nitrogen and oxygen atoms in total. The Balaban J connectivity index is 1.41. The first-order chi connectivity index (χ1) is 17.1. The number of hydrogen-bond donors (Lipinski definition) is 2. The predicted octanol–water partition coefficient (Wildman–Crippen LogP) is 5.28. The molecule has 3 aliphatic rings. The van der Waals surface area contributed by atoms with E-state index in [4.69, 9.17) is 15.7 Å². The minimum Gasteiger partial charge on any atom is -0.396 e. The molecular formula is C29H31N5O. The largest absolute Gasteiger partial charge is 0.396 e. The lowest BCUT2D eigenvalue weighted by Gasteiger charge is -2.27. The van der Waals surface area contributed by atoms with Crippen molar-refractivity contribution in [2.24, 2.45) is 22.7 Å². The van der Waals surface area contributed by atoms with E-state index in [0.29, 0.717) is 23.6 Å². The molecule has 2 aromatic heterocycles. The second kappa shape index (κ2) is 8.93. The number of allylic oxidation sites excluding steroid dienone is 5. The van der Waals surface area contributed by atoms with Crippen molar-refractivity contribution in [2.45, 2.75) is 38.5 Å². The predicted molar refractivity (Wildman–Crippen MR) is 141 cm³/mol. The van der Waals surface area contributed by atoms with E-state index >= 15 is 0 Å². The number of fused-ring (bicyclic) bond motifs is 2. The first kappa shape index (κ1) is 22.0.